The van der Waals surface area contributed by atoms with E-state index in [2.05, 4.69) is 10.1 Å². The van der Waals surface area contributed by atoms with Gasteiger partial charge in [-0.15, -0.1) is 13.2 Å². The number of hydrogen-bond donors (Lipinski definition) is 1. The molecule has 0 radical (unpaired) electrons. The molecule has 144 valence electrons. The third kappa shape index (κ3) is 3.76. The molecule has 0 bridgehead atoms. The van der Waals surface area contributed by atoms with Gasteiger partial charge in [0.05, 0.1) is 18.2 Å². The van der Waals surface area contributed by atoms with Crippen molar-refractivity contribution in [2.75, 3.05) is 0 Å². The highest BCUT2D eigenvalue weighted by Gasteiger charge is 2.49. The quantitative estimate of drug-likeness (QED) is 0.813. The summed E-state index contributed by atoms with van der Waals surface area (Å²) in [6.45, 7) is 1.43. The Morgan fingerprint density at radius 3 is 2.46 bits per heavy atom. The summed E-state index contributed by atoms with van der Waals surface area (Å²) < 4.78 is 40.7. The van der Waals surface area contributed by atoms with E-state index in [0.29, 0.717) is 16.7 Å². The molecule has 1 aliphatic heterocycles. The Kier molecular flexibility index (Phi) is 4.73. The standard InChI is InChI=1S/C19H14F3N3O3/c1-18(14-5-7-15(8-6-14)28-19(20,21)22)16(26)25(17(27)24-18)11-13-4-2-3-12(9-13)10-23/h2-9H,11H2,1H3,(H,24,27). The summed E-state index contributed by atoms with van der Waals surface area (Å²) in [6.07, 6.45) is -4.82. The molecule has 1 fully saturated rings. The van der Waals surface area contributed by atoms with Crippen molar-refractivity contribution >= 4 is 11.9 Å². The van der Waals surface area contributed by atoms with Crippen LogP contribution < -0.4 is 10.1 Å². The topological polar surface area (TPSA) is 82.4 Å². The fraction of sp³-hybridized carbons (Fsp3) is 0.211. The maximum absolute atomic E-state index is 12.9. The average molecular weight is 389 g/mol. The van der Waals surface area contributed by atoms with Crippen LogP contribution in [0.3, 0.4) is 0 Å². The van der Waals surface area contributed by atoms with E-state index >= 15 is 0 Å². The fourth-order valence-electron chi connectivity index (χ4n) is 2.95. The second-order valence-corrected chi connectivity index (χ2v) is 6.33. The molecule has 0 aromatic heterocycles. The zero-order valence-electron chi connectivity index (χ0n) is 14.6. The molecule has 3 rings (SSSR count). The van der Waals surface area contributed by atoms with Crippen LogP contribution in [0.15, 0.2) is 48.5 Å². The molecule has 9 heteroatoms. The molecule has 1 heterocycles. The molecule has 1 unspecified atom stereocenters. The summed E-state index contributed by atoms with van der Waals surface area (Å²) in [7, 11) is 0. The van der Waals surface area contributed by atoms with Crippen molar-refractivity contribution in [1.82, 2.24) is 10.2 Å². The smallest absolute Gasteiger partial charge is 0.406 e. The maximum Gasteiger partial charge on any atom is 0.573 e. The summed E-state index contributed by atoms with van der Waals surface area (Å²) in [6, 6.07) is 12.6. The van der Waals surface area contributed by atoms with Gasteiger partial charge in [0, 0.05) is 0 Å². The van der Waals surface area contributed by atoms with Gasteiger partial charge in [-0.25, -0.2) is 4.79 Å². The summed E-state index contributed by atoms with van der Waals surface area (Å²) in [5.74, 6) is -0.980. The Bertz CT molecular complexity index is 967. The minimum Gasteiger partial charge on any atom is -0.406 e. The SMILES string of the molecule is CC1(c2ccc(OC(F)(F)F)cc2)NC(=O)N(Cc2cccc(C#N)c2)C1=O. The molecule has 1 atom stereocenters. The van der Waals surface area contributed by atoms with Gasteiger partial charge in [-0.1, -0.05) is 24.3 Å². The molecule has 2 aromatic rings. The minimum atomic E-state index is -4.82. The van der Waals surface area contributed by atoms with Crippen LogP contribution in [0.1, 0.15) is 23.6 Å². The van der Waals surface area contributed by atoms with Crippen molar-refractivity contribution in [3.63, 3.8) is 0 Å². The molecule has 2 aromatic carbocycles. The first-order valence-electron chi connectivity index (χ1n) is 8.12. The number of halogens is 3. The van der Waals surface area contributed by atoms with Gasteiger partial charge in [-0.2, -0.15) is 5.26 Å². The van der Waals surface area contributed by atoms with Gasteiger partial charge in [0.2, 0.25) is 0 Å². The van der Waals surface area contributed by atoms with Crippen molar-refractivity contribution in [3.8, 4) is 11.8 Å². The summed E-state index contributed by atoms with van der Waals surface area (Å²) in [4.78, 5) is 26.2. The Labute approximate surface area is 158 Å². The first-order valence-corrected chi connectivity index (χ1v) is 8.12. The highest BCUT2D eigenvalue weighted by atomic mass is 19.4. The van der Waals surface area contributed by atoms with Gasteiger partial charge in [0.1, 0.15) is 11.3 Å². The molecule has 1 saturated heterocycles. The Morgan fingerprint density at radius 1 is 1.18 bits per heavy atom. The summed E-state index contributed by atoms with van der Waals surface area (Å²) >= 11 is 0. The van der Waals surface area contributed by atoms with Gasteiger partial charge < -0.3 is 10.1 Å². The van der Waals surface area contributed by atoms with E-state index in [1.807, 2.05) is 6.07 Å². The average Bonchev–Trinajstić information content (AvgIpc) is 2.85. The third-order valence-electron chi connectivity index (χ3n) is 4.34. The Balaban J connectivity index is 1.82. The number of carbonyl (C=O) groups excluding carboxylic acids is 2. The van der Waals surface area contributed by atoms with Gasteiger partial charge in [0.15, 0.2) is 0 Å². The number of nitriles is 1. The zero-order valence-corrected chi connectivity index (χ0v) is 14.6. The van der Waals surface area contributed by atoms with Crippen LogP contribution >= 0.6 is 0 Å². The predicted molar refractivity (Wildman–Crippen MR) is 90.7 cm³/mol. The monoisotopic (exact) mass is 389 g/mol. The number of benzene rings is 2. The highest BCUT2D eigenvalue weighted by molar-refractivity contribution is 6.07. The molecule has 6 nitrogen and oxygen atoms in total. The van der Waals surface area contributed by atoms with Crippen LogP contribution in [0, 0.1) is 11.3 Å². The second-order valence-electron chi connectivity index (χ2n) is 6.33. The van der Waals surface area contributed by atoms with E-state index in [0.717, 1.165) is 17.0 Å². The van der Waals surface area contributed by atoms with Gasteiger partial charge in [0.25, 0.3) is 5.91 Å². The number of hydrogen-bond acceptors (Lipinski definition) is 4. The van der Waals surface area contributed by atoms with E-state index in [4.69, 9.17) is 5.26 Å². The van der Waals surface area contributed by atoms with Crippen molar-refractivity contribution in [2.45, 2.75) is 25.4 Å². The van der Waals surface area contributed by atoms with Crippen LogP contribution in [0.4, 0.5) is 18.0 Å². The van der Waals surface area contributed by atoms with E-state index in [-0.39, 0.29) is 6.54 Å². The summed E-state index contributed by atoms with van der Waals surface area (Å²) in [5.41, 5.74) is -0.123. The van der Waals surface area contributed by atoms with Crippen LogP contribution in [-0.4, -0.2) is 23.2 Å². The second kappa shape index (κ2) is 6.88. The summed E-state index contributed by atoms with van der Waals surface area (Å²) in [5, 5.41) is 11.5. The fourth-order valence-corrected chi connectivity index (χ4v) is 2.95. The van der Waals surface area contributed by atoms with Crippen LogP contribution in [0.5, 0.6) is 5.75 Å². The normalized spacial score (nSPS) is 19.3. The molecule has 1 aliphatic rings. The number of alkyl halides is 3. The number of nitrogens with zero attached hydrogens (tertiary/aromatic N) is 2. The zero-order chi connectivity index (χ0) is 20.5. The molecule has 0 spiro atoms. The van der Waals surface area contributed by atoms with Gasteiger partial charge >= 0.3 is 12.4 Å². The first kappa shape index (κ1) is 19.2. The molecular weight excluding hydrogens is 375 g/mol. The predicted octanol–water partition coefficient (Wildman–Crippen LogP) is 3.42. The highest BCUT2D eigenvalue weighted by Crippen LogP contribution is 2.32. The number of rotatable bonds is 4. The van der Waals surface area contributed by atoms with E-state index in [1.165, 1.54) is 19.1 Å². The lowest BCUT2D eigenvalue weighted by Crippen LogP contribution is -2.40. The van der Waals surface area contributed by atoms with Crippen molar-refractivity contribution in [2.24, 2.45) is 0 Å². The van der Waals surface area contributed by atoms with E-state index in [1.54, 1.807) is 24.3 Å². The lowest BCUT2D eigenvalue weighted by Gasteiger charge is -2.22. The Hall–Kier alpha value is -3.54. The van der Waals surface area contributed by atoms with Gasteiger partial charge in [-0.05, 0) is 42.3 Å². The number of nitrogens with one attached hydrogen (secondary N) is 1. The number of urea groups is 1. The lowest BCUT2D eigenvalue weighted by atomic mass is 9.92. The van der Waals surface area contributed by atoms with Crippen molar-refractivity contribution in [3.05, 3.63) is 65.2 Å². The van der Waals surface area contributed by atoms with Crippen LogP contribution in [-0.2, 0) is 16.9 Å². The third-order valence-corrected chi connectivity index (χ3v) is 4.34. The first-order chi connectivity index (χ1) is 13.1. The number of ether oxygens (including phenoxy) is 1. The minimum absolute atomic E-state index is 0.0367. The maximum atomic E-state index is 12.9. The number of imide groups is 1. The Morgan fingerprint density at radius 2 is 1.86 bits per heavy atom. The van der Waals surface area contributed by atoms with E-state index in [9.17, 15) is 22.8 Å². The molecule has 0 saturated carbocycles. The van der Waals surface area contributed by atoms with Crippen molar-refractivity contribution in [1.29, 1.82) is 5.26 Å². The number of carbonyl (C=O) groups is 2. The molecule has 3 amide bonds. The van der Waals surface area contributed by atoms with Crippen LogP contribution in [0.2, 0.25) is 0 Å². The molecule has 28 heavy (non-hydrogen) atoms. The molecule has 1 N–H and O–H groups in total. The van der Waals surface area contributed by atoms with Crippen LogP contribution in [0.25, 0.3) is 0 Å². The lowest BCUT2D eigenvalue weighted by molar-refractivity contribution is -0.274. The molecule has 0 aliphatic carbocycles. The molecular formula is C19H14F3N3O3. The van der Waals surface area contributed by atoms with Gasteiger partial charge in [-0.3, -0.25) is 9.69 Å². The van der Waals surface area contributed by atoms with Crippen molar-refractivity contribution < 1.29 is 27.5 Å². The number of amides is 3. The largest absolute Gasteiger partial charge is 0.573 e. The van der Waals surface area contributed by atoms with E-state index < -0.39 is 29.6 Å².